The third-order valence-electron chi connectivity index (χ3n) is 1.44. The van der Waals surface area contributed by atoms with Gasteiger partial charge in [-0.3, -0.25) is 0 Å². The van der Waals surface area contributed by atoms with Crippen molar-refractivity contribution in [3.63, 3.8) is 0 Å². The first kappa shape index (κ1) is 14.9. The molecule has 0 aromatic carbocycles. The van der Waals surface area contributed by atoms with Crippen LogP contribution in [-0.4, -0.2) is 19.1 Å². The summed E-state index contributed by atoms with van der Waals surface area (Å²) >= 11 is 0. The Hall–Kier alpha value is -0.570. The summed E-state index contributed by atoms with van der Waals surface area (Å²) < 4.78 is 0. The van der Waals surface area contributed by atoms with Gasteiger partial charge in [0.25, 0.3) is 0 Å². The molecule has 0 spiro atoms. The van der Waals surface area contributed by atoms with Crippen molar-refractivity contribution in [2.75, 3.05) is 13.1 Å². The standard InChI is InChI=1S/C6H15N.C4H8O2/c1-3-5-7-6-4-2;1-2-3-4(5)6/h7H,3-6H2,1-2H3;2-3H2,1H3,(H,5,6). The molecule has 0 heterocycles. The van der Waals surface area contributed by atoms with Crippen LogP contribution < -0.4 is 10.4 Å². The van der Waals surface area contributed by atoms with E-state index in [0.29, 0.717) is 6.42 Å². The summed E-state index contributed by atoms with van der Waals surface area (Å²) in [6.45, 7) is 8.83. The van der Waals surface area contributed by atoms with E-state index in [1.54, 1.807) is 6.92 Å². The first-order valence-corrected chi connectivity index (χ1v) is 5.20. The Morgan fingerprint density at radius 3 is 1.69 bits per heavy atom. The Balaban J connectivity index is 0. The van der Waals surface area contributed by atoms with E-state index in [-0.39, 0.29) is 6.42 Å². The minimum Gasteiger partial charge on any atom is -0.550 e. The van der Waals surface area contributed by atoms with E-state index in [1.807, 2.05) is 0 Å². The van der Waals surface area contributed by atoms with Gasteiger partial charge in [0.15, 0.2) is 0 Å². The molecule has 0 amide bonds. The number of aliphatic carboxylic acids is 1. The largest absolute Gasteiger partial charge is 0.550 e. The van der Waals surface area contributed by atoms with Crippen LogP contribution in [0.1, 0.15) is 46.5 Å². The molecule has 80 valence electrons. The van der Waals surface area contributed by atoms with Crippen LogP contribution in [0.5, 0.6) is 0 Å². The van der Waals surface area contributed by atoms with Gasteiger partial charge in [0.1, 0.15) is 0 Å². The SMILES string of the molecule is CCCC(=O)[O-].CCC[NH2+]CCC. The summed E-state index contributed by atoms with van der Waals surface area (Å²) in [5.41, 5.74) is 0. The molecular weight excluding hydrogens is 166 g/mol. The zero-order chi connectivity index (χ0) is 10.5. The lowest BCUT2D eigenvalue weighted by atomic mass is 10.4. The lowest BCUT2D eigenvalue weighted by Gasteiger charge is -1.92. The summed E-state index contributed by atoms with van der Waals surface area (Å²) in [7, 11) is 0. The number of nitrogens with two attached hydrogens (primary N) is 1. The predicted octanol–water partition coefficient (Wildman–Crippen LogP) is -0.0938. The number of rotatable bonds is 6. The highest BCUT2D eigenvalue weighted by atomic mass is 16.4. The molecule has 3 heteroatoms. The van der Waals surface area contributed by atoms with Crippen molar-refractivity contribution in [3.05, 3.63) is 0 Å². The third kappa shape index (κ3) is 24.6. The van der Waals surface area contributed by atoms with Crippen molar-refractivity contribution in [2.24, 2.45) is 0 Å². The van der Waals surface area contributed by atoms with E-state index in [2.05, 4.69) is 19.2 Å². The molecular formula is C10H23NO2. The average molecular weight is 189 g/mol. The topological polar surface area (TPSA) is 56.7 Å². The van der Waals surface area contributed by atoms with Gasteiger partial charge in [-0.25, -0.2) is 0 Å². The van der Waals surface area contributed by atoms with Crippen LogP contribution in [0.3, 0.4) is 0 Å². The fourth-order valence-corrected chi connectivity index (χ4v) is 0.757. The lowest BCUT2D eigenvalue weighted by molar-refractivity contribution is -0.654. The van der Waals surface area contributed by atoms with Gasteiger partial charge in [-0.1, -0.05) is 27.2 Å². The maximum absolute atomic E-state index is 9.49. The van der Waals surface area contributed by atoms with Crippen molar-refractivity contribution in [1.82, 2.24) is 0 Å². The molecule has 0 atom stereocenters. The molecule has 0 rings (SSSR count). The van der Waals surface area contributed by atoms with Crippen molar-refractivity contribution >= 4 is 5.97 Å². The normalized spacial score (nSPS) is 8.85. The molecule has 0 aliphatic heterocycles. The zero-order valence-corrected chi connectivity index (χ0v) is 9.14. The molecule has 13 heavy (non-hydrogen) atoms. The lowest BCUT2D eigenvalue weighted by Crippen LogP contribution is -2.84. The predicted molar refractivity (Wildman–Crippen MR) is 52.2 cm³/mol. The number of carboxylic acid groups (broad SMARTS) is 1. The average Bonchev–Trinajstić information content (AvgIpc) is 2.06. The maximum atomic E-state index is 9.49. The van der Waals surface area contributed by atoms with E-state index in [4.69, 9.17) is 0 Å². The van der Waals surface area contributed by atoms with Gasteiger partial charge >= 0.3 is 0 Å². The second kappa shape index (κ2) is 14.0. The van der Waals surface area contributed by atoms with Gasteiger partial charge in [0.05, 0.1) is 13.1 Å². The minimum atomic E-state index is -0.961. The summed E-state index contributed by atoms with van der Waals surface area (Å²) in [6.07, 6.45) is 3.46. The molecule has 2 N–H and O–H groups in total. The van der Waals surface area contributed by atoms with Crippen LogP contribution in [0.15, 0.2) is 0 Å². The first-order chi connectivity index (χ1) is 6.18. The quantitative estimate of drug-likeness (QED) is 0.593. The number of carboxylic acids is 1. The second-order valence-corrected chi connectivity index (χ2v) is 2.99. The minimum absolute atomic E-state index is 0.181. The van der Waals surface area contributed by atoms with Gasteiger partial charge < -0.3 is 15.2 Å². The Labute approximate surface area is 81.5 Å². The molecule has 0 aromatic heterocycles. The second-order valence-electron chi connectivity index (χ2n) is 2.99. The van der Waals surface area contributed by atoms with E-state index >= 15 is 0 Å². The smallest absolute Gasteiger partial charge is 0.0752 e. The fraction of sp³-hybridized carbons (Fsp3) is 0.900. The number of quaternary nitrogens is 1. The molecule has 0 saturated carbocycles. The molecule has 0 unspecified atom stereocenters. The highest BCUT2D eigenvalue weighted by Crippen LogP contribution is 1.79. The molecule has 0 bridgehead atoms. The van der Waals surface area contributed by atoms with E-state index in [9.17, 15) is 9.90 Å². The molecule has 0 aromatic rings. The number of hydrogen-bond donors (Lipinski definition) is 1. The maximum Gasteiger partial charge on any atom is 0.0752 e. The molecule has 0 radical (unpaired) electrons. The van der Waals surface area contributed by atoms with Gasteiger partial charge in [-0.05, 0) is 19.3 Å². The first-order valence-electron chi connectivity index (χ1n) is 5.20. The van der Waals surface area contributed by atoms with Crippen LogP contribution in [0, 0.1) is 0 Å². The summed E-state index contributed by atoms with van der Waals surface area (Å²) in [5, 5.41) is 11.8. The zero-order valence-electron chi connectivity index (χ0n) is 9.14. The summed E-state index contributed by atoms with van der Waals surface area (Å²) in [5.74, 6) is -0.961. The Morgan fingerprint density at radius 2 is 1.54 bits per heavy atom. The Kier molecular flexibility index (Phi) is 16.1. The van der Waals surface area contributed by atoms with Gasteiger partial charge in [-0.15, -0.1) is 0 Å². The highest BCUT2D eigenvalue weighted by Gasteiger charge is 1.80. The van der Waals surface area contributed by atoms with E-state index in [1.165, 1.54) is 25.9 Å². The van der Waals surface area contributed by atoms with Crippen molar-refractivity contribution in [1.29, 1.82) is 0 Å². The van der Waals surface area contributed by atoms with Crippen LogP contribution in [0.2, 0.25) is 0 Å². The molecule has 0 aliphatic rings. The molecule has 3 nitrogen and oxygen atoms in total. The number of carbonyl (C=O) groups is 1. The number of hydrogen-bond acceptors (Lipinski definition) is 2. The molecule has 0 fully saturated rings. The van der Waals surface area contributed by atoms with Crippen LogP contribution >= 0.6 is 0 Å². The Bertz CT molecular complexity index is 101. The molecule has 0 saturated heterocycles. The highest BCUT2D eigenvalue weighted by molar-refractivity contribution is 5.63. The third-order valence-corrected chi connectivity index (χ3v) is 1.44. The van der Waals surface area contributed by atoms with Gasteiger partial charge in [0, 0.05) is 5.97 Å². The van der Waals surface area contributed by atoms with E-state index in [0.717, 1.165) is 0 Å². The van der Waals surface area contributed by atoms with Crippen molar-refractivity contribution in [2.45, 2.75) is 46.5 Å². The summed E-state index contributed by atoms with van der Waals surface area (Å²) in [4.78, 5) is 9.49. The monoisotopic (exact) mass is 189 g/mol. The van der Waals surface area contributed by atoms with Gasteiger partial charge in [-0.2, -0.15) is 0 Å². The van der Waals surface area contributed by atoms with Crippen LogP contribution in [0.25, 0.3) is 0 Å². The van der Waals surface area contributed by atoms with Crippen molar-refractivity contribution in [3.8, 4) is 0 Å². The molecule has 0 aliphatic carbocycles. The number of carbonyl (C=O) groups excluding carboxylic acids is 1. The van der Waals surface area contributed by atoms with Gasteiger partial charge in [0.2, 0.25) is 0 Å². The van der Waals surface area contributed by atoms with E-state index < -0.39 is 5.97 Å². The van der Waals surface area contributed by atoms with Crippen molar-refractivity contribution < 1.29 is 15.2 Å². The summed E-state index contributed by atoms with van der Waals surface area (Å²) in [6, 6.07) is 0. The van der Waals surface area contributed by atoms with Crippen LogP contribution in [-0.2, 0) is 4.79 Å². The Morgan fingerprint density at radius 1 is 1.08 bits per heavy atom. The van der Waals surface area contributed by atoms with Crippen LogP contribution in [0.4, 0.5) is 0 Å². The fourth-order valence-electron chi connectivity index (χ4n) is 0.757.